The van der Waals surface area contributed by atoms with Crippen LogP contribution in [-0.4, -0.2) is 40.3 Å². The summed E-state index contributed by atoms with van der Waals surface area (Å²) in [5, 5.41) is 8.88. The summed E-state index contributed by atoms with van der Waals surface area (Å²) in [6, 6.07) is -0.0732. The Labute approximate surface area is 95.4 Å². The number of rotatable bonds is 1. The Morgan fingerprint density at radius 2 is 1.94 bits per heavy atom. The predicted octanol–water partition coefficient (Wildman–Crippen LogP) is 1.72. The lowest BCUT2D eigenvalue weighted by Gasteiger charge is -2.26. The molecule has 1 aliphatic rings. The van der Waals surface area contributed by atoms with E-state index in [0.717, 1.165) is 0 Å². The summed E-state index contributed by atoms with van der Waals surface area (Å²) in [5.41, 5.74) is -0.544. The fourth-order valence-electron chi connectivity index (χ4n) is 1.78. The summed E-state index contributed by atoms with van der Waals surface area (Å²) in [6.07, 6.45) is 0.0675. The molecule has 0 spiro atoms. The SMILES string of the molecule is C[C@@H]1C[C@H](C(=O)O)CN1C(=O)OC(C)(C)C. The van der Waals surface area contributed by atoms with Crippen molar-refractivity contribution in [2.75, 3.05) is 6.54 Å². The summed E-state index contributed by atoms with van der Waals surface area (Å²) >= 11 is 0. The number of aliphatic carboxylic acids is 1. The summed E-state index contributed by atoms with van der Waals surface area (Å²) in [6.45, 7) is 7.46. The molecule has 0 aromatic rings. The van der Waals surface area contributed by atoms with Gasteiger partial charge in [-0.1, -0.05) is 0 Å². The Balaban J connectivity index is 2.61. The molecule has 0 aromatic carbocycles. The second kappa shape index (κ2) is 4.31. The molecule has 1 heterocycles. The molecule has 1 fully saturated rings. The van der Waals surface area contributed by atoms with Crippen LogP contribution in [0.1, 0.15) is 34.1 Å². The Morgan fingerprint density at radius 1 is 1.38 bits per heavy atom. The first-order chi connectivity index (χ1) is 7.20. The van der Waals surface area contributed by atoms with Gasteiger partial charge in [0, 0.05) is 12.6 Å². The molecule has 1 saturated heterocycles. The Hall–Kier alpha value is -1.26. The van der Waals surface area contributed by atoms with E-state index in [1.807, 2.05) is 6.92 Å². The molecule has 0 radical (unpaired) electrons. The lowest BCUT2D eigenvalue weighted by Crippen LogP contribution is -2.39. The van der Waals surface area contributed by atoms with Crippen LogP contribution in [0.4, 0.5) is 4.79 Å². The number of ether oxygens (including phenoxy) is 1. The Bertz CT molecular complexity index is 295. The number of hydrogen-bond acceptors (Lipinski definition) is 3. The van der Waals surface area contributed by atoms with E-state index in [4.69, 9.17) is 9.84 Å². The first kappa shape index (κ1) is 12.8. The van der Waals surface area contributed by atoms with E-state index in [0.29, 0.717) is 6.42 Å². The van der Waals surface area contributed by atoms with Crippen LogP contribution >= 0.6 is 0 Å². The number of carbonyl (C=O) groups excluding carboxylic acids is 1. The summed E-state index contributed by atoms with van der Waals surface area (Å²) < 4.78 is 5.21. The fourth-order valence-corrected chi connectivity index (χ4v) is 1.78. The van der Waals surface area contributed by atoms with Crippen LogP contribution in [0.25, 0.3) is 0 Å². The minimum Gasteiger partial charge on any atom is -0.481 e. The zero-order valence-electron chi connectivity index (χ0n) is 10.2. The van der Waals surface area contributed by atoms with Crippen LogP contribution in [0.15, 0.2) is 0 Å². The maximum absolute atomic E-state index is 11.8. The van der Waals surface area contributed by atoms with Crippen LogP contribution in [0.2, 0.25) is 0 Å². The van der Waals surface area contributed by atoms with Gasteiger partial charge in [0.05, 0.1) is 5.92 Å². The lowest BCUT2D eigenvalue weighted by molar-refractivity contribution is -0.141. The standard InChI is InChI=1S/C11H19NO4/c1-7-5-8(9(13)14)6-12(7)10(15)16-11(2,3)4/h7-8H,5-6H2,1-4H3,(H,13,14)/t7-,8+/m1/s1. The van der Waals surface area contributed by atoms with Gasteiger partial charge in [0.15, 0.2) is 0 Å². The van der Waals surface area contributed by atoms with E-state index in [9.17, 15) is 9.59 Å². The molecule has 5 nitrogen and oxygen atoms in total. The molecular weight excluding hydrogens is 210 g/mol. The minimum atomic E-state index is -0.849. The highest BCUT2D eigenvalue weighted by Crippen LogP contribution is 2.25. The van der Waals surface area contributed by atoms with Gasteiger partial charge in [-0.05, 0) is 34.1 Å². The molecule has 1 amide bonds. The van der Waals surface area contributed by atoms with Crippen LogP contribution in [0, 0.1) is 5.92 Å². The smallest absolute Gasteiger partial charge is 0.410 e. The molecule has 0 bridgehead atoms. The van der Waals surface area contributed by atoms with Gasteiger partial charge in [-0.2, -0.15) is 0 Å². The number of nitrogens with zero attached hydrogens (tertiary/aromatic N) is 1. The average molecular weight is 229 g/mol. The van der Waals surface area contributed by atoms with Crippen molar-refractivity contribution in [3.63, 3.8) is 0 Å². The van der Waals surface area contributed by atoms with E-state index >= 15 is 0 Å². The molecule has 5 heteroatoms. The molecule has 0 aliphatic carbocycles. The molecule has 1 N–H and O–H groups in total. The minimum absolute atomic E-state index is 0.0732. The maximum Gasteiger partial charge on any atom is 0.410 e. The summed E-state index contributed by atoms with van der Waals surface area (Å²) in [4.78, 5) is 24.1. The van der Waals surface area contributed by atoms with Gasteiger partial charge in [-0.15, -0.1) is 0 Å². The third-order valence-electron chi connectivity index (χ3n) is 2.55. The van der Waals surface area contributed by atoms with Gasteiger partial charge in [0.2, 0.25) is 0 Å². The van der Waals surface area contributed by atoms with Crippen molar-refractivity contribution in [2.24, 2.45) is 5.92 Å². The average Bonchev–Trinajstić information content (AvgIpc) is 2.44. The molecule has 2 atom stereocenters. The van der Waals surface area contributed by atoms with Gasteiger partial charge in [-0.25, -0.2) is 4.79 Å². The quantitative estimate of drug-likeness (QED) is 0.743. The molecule has 16 heavy (non-hydrogen) atoms. The van der Waals surface area contributed by atoms with Crippen molar-refractivity contribution >= 4 is 12.1 Å². The lowest BCUT2D eigenvalue weighted by atomic mass is 10.1. The van der Waals surface area contributed by atoms with Crippen LogP contribution < -0.4 is 0 Å². The van der Waals surface area contributed by atoms with Crippen LogP contribution in [0.3, 0.4) is 0 Å². The van der Waals surface area contributed by atoms with E-state index in [-0.39, 0.29) is 12.6 Å². The van der Waals surface area contributed by atoms with Gasteiger partial charge in [0.25, 0.3) is 0 Å². The Kier molecular flexibility index (Phi) is 3.45. The van der Waals surface area contributed by atoms with Crippen molar-refractivity contribution in [1.29, 1.82) is 0 Å². The van der Waals surface area contributed by atoms with E-state index in [1.165, 1.54) is 4.90 Å². The third kappa shape index (κ3) is 3.12. The topological polar surface area (TPSA) is 66.8 Å². The number of carboxylic acid groups (broad SMARTS) is 1. The van der Waals surface area contributed by atoms with Crippen molar-refractivity contribution in [1.82, 2.24) is 4.90 Å². The predicted molar refractivity (Wildman–Crippen MR) is 58.1 cm³/mol. The summed E-state index contributed by atoms with van der Waals surface area (Å²) in [7, 11) is 0. The normalized spacial score (nSPS) is 25.6. The molecule has 0 saturated carbocycles. The molecule has 0 unspecified atom stereocenters. The largest absolute Gasteiger partial charge is 0.481 e. The number of carbonyl (C=O) groups is 2. The van der Waals surface area contributed by atoms with Crippen molar-refractivity contribution < 1.29 is 19.4 Å². The van der Waals surface area contributed by atoms with Crippen LogP contribution in [-0.2, 0) is 9.53 Å². The monoisotopic (exact) mass is 229 g/mol. The van der Waals surface area contributed by atoms with Crippen LogP contribution in [0.5, 0.6) is 0 Å². The van der Waals surface area contributed by atoms with E-state index < -0.39 is 23.6 Å². The molecule has 0 aromatic heterocycles. The number of carboxylic acids is 1. The highest BCUT2D eigenvalue weighted by atomic mass is 16.6. The number of likely N-dealkylation sites (tertiary alicyclic amines) is 1. The van der Waals surface area contributed by atoms with Crippen molar-refractivity contribution in [3.8, 4) is 0 Å². The Morgan fingerprint density at radius 3 is 2.31 bits per heavy atom. The zero-order chi connectivity index (χ0) is 12.5. The van der Waals surface area contributed by atoms with Crippen molar-refractivity contribution in [3.05, 3.63) is 0 Å². The zero-order valence-corrected chi connectivity index (χ0v) is 10.2. The first-order valence-corrected chi connectivity index (χ1v) is 5.43. The number of hydrogen-bond donors (Lipinski definition) is 1. The first-order valence-electron chi connectivity index (χ1n) is 5.43. The maximum atomic E-state index is 11.8. The highest BCUT2D eigenvalue weighted by molar-refractivity contribution is 5.74. The molecule has 1 rings (SSSR count). The van der Waals surface area contributed by atoms with Crippen molar-refractivity contribution in [2.45, 2.75) is 45.8 Å². The van der Waals surface area contributed by atoms with Gasteiger partial charge in [-0.3, -0.25) is 4.79 Å². The molecule has 1 aliphatic heterocycles. The van der Waals surface area contributed by atoms with Gasteiger partial charge in [0.1, 0.15) is 5.60 Å². The number of amides is 1. The van der Waals surface area contributed by atoms with E-state index in [2.05, 4.69) is 0 Å². The third-order valence-corrected chi connectivity index (χ3v) is 2.55. The fraction of sp³-hybridized carbons (Fsp3) is 0.818. The molecule has 92 valence electrons. The van der Waals surface area contributed by atoms with Gasteiger partial charge >= 0.3 is 12.1 Å². The highest BCUT2D eigenvalue weighted by Gasteiger charge is 2.38. The molecular formula is C11H19NO4. The van der Waals surface area contributed by atoms with Gasteiger partial charge < -0.3 is 14.7 Å². The second-order valence-corrected chi connectivity index (χ2v) is 5.25. The summed E-state index contributed by atoms with van der Waals surface area (Å²) in [5.74, 6) is -1.32. The van der Waals surface area contributed by atoms with E-state index in [1.54, 1.807) is 20.8 Å². The second-order valence-electron chi connectivity index (χ2n) is 5.25.